The van der Waals surface area contributed by atoms with E-state index in [0.717, 1.165) is 18.2 Å². The summed E-state index contributed by atoms with van der Waals surface area (Å²) in [6.07, 6.45) is 1.40. The third-order valence-electron chi connectivity index (χ3n) is 4.00. The van der Waals surface area contributed by atoms with Crippen molar-refractivity contribution in [2.45, 2.75) is 19.3 Å². The fourth-order valence-corrected chi connectivity index (χ4v) is 2.69. The van der Waals surface area contributed by atoms with Gasteiger partial charge in [0.1, 0.15) is 11.6 Å². The molecule has 23 heavy (non-hydrogen) atoms. The largest absolute Gasteiger partial charge is 0.343 e. The highest BCUT2D eigenvalue weighted by atomic mass is 35.5. The Morgan fingerprint density at radius 1 is 1.26 bits per heavy atom. The van der Waals surface area contributed by atoms with E-state index in [-0.39, 0.29) is 35.6 Å². The predicted octanol–water partition coefficient (Wildman–Crippen LogP) is 2.42. The number of carbonyl (C=O) groups is 2. The standard InChI is InChI=1S/C16H20F2N2O2.ClH/c1-19-7-4-15(21)20-8-5-11(6-9-20)16(22)13-10-12(17)2-3-14(13)18;/h2-3,10-11,19H,4-9H2,1H3;1H. The molecule has 0 aliphatic carbocycles. The molecule has 0 saturated carbocycles. The van der Waals surface area contributed by atoms with Crippen molar-refractivity contribution in [1.82, 2.24) is 10.2 Å². The van der Waals surface area contributed by atoms with Crippen LogP contribution in [-0.2, 0) is 4.79 Å². The number of amides is 1. The van der Waals surface area contributed by atoms with Crippen LogP contribution >= 0.6 is 12.4 Å². The Hall–Kier alpha value is -1.53. The number of likely N-dealkylation sites (tertiary alicyclic amines) is 1. The number of benzene rings is 1. The van der Waals surface area contributed by atoms with Gasteiger partial charge in [0.2, 0.25) is 5.91 Å². The summed E-state index contributed by atoms with van der Waals surface area (Å²) in [5, 5.41) is 2.92. The molecule has 0 atom stereocenters. The van der Waals surface area contributed by atoms with Gasteiger partial charge in [-0.15, -0.1) is 12.4 Å². The first-order chi connectivity index (χ1) is 10.5. The molecule has 0 aromatic heterocycles. The van der Waals surface area contributed by atoms with E-state index in [4.69, 9.17) is 0 Å². The van der Waals surface area contributed by atoms with Crippen LogP contribution in [0.4, 0.5) is 8.78 Å². The maximum atomic E-state index is 13.7. The molecule has 1 amide bonds. The Balaban J connectivity index is 0.00000264. The van der Waals surface area contributed by atoms with E-state index in [1.54, 1.807) is 11.9 Å². The molecule has 0 spiro atoms. The molecule has 1 saturated heterocycles. The van der Waals surface area contributed by atoms with E-state index < -0.39 is 11.6 Å². The van der Waals surface area contributed by atoms with E-state index in [2.05, 4.69) is 5.32 Å². The topological polar surface area (TPSA) is 49.4 Å². The fourth-order valence-electron chi connectivity index (χ4n) is 2.69. The second kappa shape index (κ2) is 8.93. The van der Waals surface area contributed by atoms with Gasteiger partial charge in [-0.2, -0.15) is 0 Å². The number of ketones is 1. The molecule has 1 heterocycles. The van der Waals surface area contributed by atoms with Crippen molar-refractivity contribution in [2.24, 2.45) is 5.92 Å². The van der Waals surface area contributed by atoms with Crippen molar-refractivity contribution in [3.05, 3.63) is 35.4 Å². The minimum absolute atomic E-state index is 0. The quantitative estimate of drug-likeness (QED) is 0.833. The van der Waals surface area contributed by atoms with Crippen LogP contribution in [0.15, 0.2) is 18.2 Å². The second-order valence-corrected chi connectivity index (χ2v) is 5.50. The lowest BCUT2D eigenvalue weighted by atomic mass is 9.88. The SMILES string of the molecule is CNCCC(=O)N1CCC(C(=O)c2cc(F)ccc2F)CC1.Cl. The number of carbonyl (C=O) groups excluding carboxylic acids is 2. The number of hydrogen-bond donors (Lipinski definition) is 1. The Morgan fingerprint density at radius 3 is 2.52 bits per heavy atom. The summed E-state index contributed by atoms with van der Waals surface area (Å²) in [4.78, 5) is 25.9. The van der Waals surface area contributed by atoms with E-state index in [9.17, 15) is 18.4 Å². The van der Waals surface area contributed by atoms with Crippen LogP contribution < -0.4 is 5.32 Å². The lowest BCUT2D eigenvalue weighted by molar-refractivity contribution is -0.132. The minimum atomic E-state index is -0.695. The van der Waals surface area contributed by atoms with Crippen LogP contribution in [0.25, 0.3) is 0 Å². The van der Waals surface area contributed by atoms with Gasteiger partial charge in [0.05, 0.1) is 5.56 Å². The third kappa shape index (κ3) is 4.97. The van der Waals surface area contributed by atoms with E-state index in [0.29, 0.717) is 38.9 Å². The van der Waals surface area contributed by atoms with Crippen LogP contribution in [0.5, 0.6) is 0 Å². The maximum Gasteiger partial charge on any atom is 0.223 e. The molecule has 0 unspecified atom stereocenters. The predicted molar refractivity (Wildman–Crippen MR) is 85.8 cm³/mol. The molecule has 0 bridgehead atoms. The number of halogens is 3. The monoisotopic (exact) mass is 346 g/mol. The summed E-state index contributed by atoms with van der Waals surface area (Å²) in [5.74, 6) is -2.00. The van der Waals surface area contributed by atoms with Crippen LogP contribution in [0.3, 0.4) is 0 Å². The van der Waals surface area contributed by atoms with Gasteiger partial charge in [0.25, 0.3) is 0 Å². The molecule has 2 rings (SSSR count). The van der Waals surface area contributed by atoms with E-state index >= 15 is 0 Å². The molecular weight excluding hydrogens is 326 g/mol. The van der Waals surface area contributed by atoms with E-state index in [1.165, 1.54) is 0 Å². The summed E-state index contributed by atoms with van der Waals surface area (Å²) in [7, 11) is 1.78. The number of Topliss-reactive ketones (excluding diaryl/α,β-unsaturated/α-hetero) is 1. The summed E-state index contributed by atoms with van der Waals surface area (Å²) >= 11 is 0. The average Bonchev–Trinajstić information content (AvgIpc) is 2.54. The van der Waals surface area contributed by atoms with Crippen LogP contribution in [0.1, 0.15) is 29.6 Å². The minimum Gasteiger partial charge on any atom is -0.343 e. The van der Waals surface area contributed by atoms with Gasteiger partial charge in [-0.1, -0.05) is 0 Å². The maximum absolute atomic E-state index is 13.7. The Labute approximate surface area is 140 Å². The second-order valence-electron chi connectivity index (χ2n) is 5.50. The van der Waals surface area contributed by atoms with Crippen molar-refractivity contribution >= 4 is 24.1 Å². The van der Waals surface area contributed by atoms with Gasteiger partial charge in [-0.05, 0) is 38.1 Å². The number of hydrogen-bond acceptors (Lipinski definition) is 3. The zero-order chi connectivity index (χ0) is 16.1. The van der Waals surface area contributed by atoms with Crippen molar-refractivity contribution in [3.63, 3.8) is 0 Å². The number of nitrogens with zero attached hydrogens (tertiary/aromatic N) is 1. The van der Waals surface area contributed by atoms with Gasteiger partial charge in [0, 0.05) is 32.0 Å². The van der Waals surface area contributed by atoms with Crippen LogP contribution in [0, 0.1) is 17.6 Å². The summed E-state index contributed by atoms with van der Waals surface area (Å²) in [6.45, 7) is 1.58. The molecule has 1 N–H and O–H groups in total. The first kappa shape index (κ1) is 19.5. The fraction of sp³-hybridized carbons (Fsp3) is 0.500. The number of piperidine rings is 1. The van der Waals surface area contributed by atoms with Gasteiger partial charge in [0.15, 0.2) is 5.78 Å². The molecule has 4 nitrogen and oxygen atoms in total. The van der Waals surface area contributed by atoms with Crippen molar-refractivity contribution < 1.29 is 18.4 Å². The molecule has 1 aromatic rings. The van der Waals surface area contributed by atoms with Crippen molar-refractivity contribution in [1.29, 1.82) is 0 Å². The molecule has 0 radical (unpaired) electrons. The van der Waals surface area contributed by atoms with Gasteiger partial charge < -0.3 is 10.2 Å². The zero-order valence-corrected chi connectivity index (χ0v) is 13.8. The molecule has 7 heteroatoms. The Kier molecular flexibility index (Phi) is 7.58. The van der Waals surface area contributed by atoms with Crippen LogP contribution in [-0.4, -0.2) is 43.3 Å². The van der Waals surface area contributed by atoms with Crippen LogP contribution in [0.2, 0.25) is 0 Å². The van der Waals surface area contributed by atoms with Gasteiger partial charge in [-0.25, -0.2) is 8.78 Å². The highest BCUT2D eigenvalue weighted by Crippen LogP contribution is 2.24. The molecular formula is C16H21ClF2N2O2. The zero-order valence-electron chi connectivity index (χ0n) is 13.0. The summed E-state index contributed by atoms with van der Waals surface area (Å²) in [6, 6.07) is 2.91. The molecule has 1 aliphatic heterocycles. The van der Waals surface area contributed by atoms with Gasteiger partial charge >= 0.3 is 0 Å². The summed E-state index contributed by atoms with van der Waals surface area (Å²) < 4.78 is 26.8. The smallest absolute Gasteiger partial charge is 0.223 e. The number of nitrogens with one attached hydrogen (secondary N) is 1. The highest BCUT2D eigenvalue weighted by molar-refractivity contribution is 5.98. The first-order valence-corrected chi connectivity index (χ1v) is 7.44. The number of rotatable bonds is 5. The molecule has 128 valence electrons. The highest BCUT2D eigenvalue weighted by Gasteiger charge is 2.29. The molecule has 1 aliphatic rings. The third-order valence-corrected chi connectivity index (χ3v) is 4.00. The van der Waals surface area contributed by atoms with E-state index in [1.807, 2.05) is 0 Å². The lowest BCUT2D eigenvalue weighted by Crippen LogP contribution is -2.41. The Morgan fingerprint density at radius 2 is 1.91 bits per heavy atom. The lowest BCUT2D eigenvalue weighted by Gasteiger charge is -2.31. The molecule has 1 aromatic carbocycles. The Bertz CT molecular complexity index is 561. The van der Waals surface area contributed by atoms with Crippen molar-refractivity contribution in [3.8, 4) is 0 Å². The molecule has 1 fully saturated rings. The van der Waals surface area contributed by atoms with Crippen molar-refractivity contribution in [2.75, 3.05) is 26.7 Å². The van der Waals surface area contributed by atoms with Gasteiger partial charge in [-0.3, -0.25) is 9.59 Å². The normalized spacial score (nSPS) is 15.2. The first-order valence-electron chi connectivity index (χ1n) is 7.44. The summed E-state index contributed by atoms with van der Waals surface area (Å²) in [5.41, 5.74) is -0.194. The average molecular weight is 347 g/mol.